The summed E-state index contributed by atoms with van der Waals surface area (Å²) in [5.74, 6) is -0.306. The molecular weight excluding hydrogens is 392 g/mol. The first kappa shape index (κ1) is 20.5. The van der Waals surface area contributed by atoms with Gasteiger partial charge in [0.1, 0.15) is 12.9 Å². The van der Waals surface area contributed by atoms with E-state index in [1.165, 1.54) is 10.9 Å². The number of amides is 1. The van der Waals surface area contributed by atoms with Crippen molar-refractivity contribution in [2.45, 2.75) is 41.2 Å². The number of hydrogen-bond donors (Lipinski definition) is 1. The zero-order valence-corrected chi connectivity index (χ0v) is 18.2. The van der Waals surface area contributed by atoms with Gasteiger partial charge in [-0.1, -0.05) is 29.0 Å². The minimum Gasteiger partial charge on any atom is -0.324 e. The molecule has 0 spiro atoms. The number of hydrogen-bond acceptors (Lipinski definition) is 5. The van der Waals surface area contributed by atoms with Gasteiger partial charge in [0, 0.05) is 5.69 Å². The fraction of sp³-hybridized carbons (Fsp3) is 0.261. The lowest BCUT2D eigenvalue weighted by Crippen LogP contribution is -2.28. The first-order chi connectivity index (χ1) is 14.7. The van der Waals surface area contributed by atoms with Crippen molar-refractivity contribution in [2.24, 2.45) is 0 Å². The molecule has 0 saturated heterocycles. The van der Waals surface area contributed by atoms with Gasteiger partial charge in [-0.2, -0.15) is 4.68 Å². The third kappa shape index (κ3) is 3.96. The van der Waals surface area contributed by atoms with Gasteiger partial charge in [0.15, 0.2) is 11.2 Å². The van der Waals surface area contributed by atoms with Gasteiger partial charge in [0.05, 0.1) is 5.69 Å². The molecule has 2 aromatic carbocycles. The highest BCUT2D eigenvalue weighted by Gasteiger charge is 2.16. The molecule has 0 aliphatic rings. The quantitative estimate of drug-likeness (QED) is 0.551. The summed E-state index contributed by atoms with van der Waals surface area (Å²) < 4.78 is 2.79. The lowest BCUT2D eigenvalue weighted by atomic mass is 10.1. The number of carbonyl (C=O) groups excluding carboxylic acids is 1. The second kappa shape index (κ2) is 7.79. The van der Waals surface area contributed by atoms with Crippen LogP contribution in [-0.4, -0.2) is 30.5 Å². The smallest absolute Gasteiger partial charge is 0.284 e. The van der Waals surface area contributed by atoms with Gasteiger partial charge >= 0.3 is 0 Å². The van der Waals surface area contributed by atoms with Crippen LogP contribution in [0.25, 0.3) is 16.9 Å². The highest BCUT2D eigenvalue weighted by atomic mass is 16.2. The predicted octanol–water partition coefficient (Wildman–Crippen LogP) is 3.16. The van der Waals surface area contributed by atoms with Crippen LogP contribution in [0.1, 0.15) is 27.8 Å². The van der Waals surface area contributed by atoms with E-state index < -0.39 is 5.56 Å². The summed E-state index contributed by atoms with van der Waals surface area (Å²) in [5, 5.41) is 11.1. The number of anilines is 1. The maximum atomic E-state index is 12.9. The van der Waals surface area contributed by atoms with Gasteiger partial charge in [-0.15, -0.1) is 5.10 Å². The van der Waals surface area contributed by atoms with Crippen LogP contribution < -0.4 is 10.9 Å². The van der Waals surface area contributed by atoms with Crippen LogP contribution in [0.2, 0.25) is 0 Å². The molecule has 0 unspecified atom stereocenters. The average molecular weight is 416 g/mol. The molecule has 0 saturated carbocycles. The molecule has 1 amide bonds. The summed E-state index contributed by atoms with van der Waals surface area (Å²) in [7, 11) is 0. The fourth-order valence-electron chi connectivity index (χ4n) is 3.91. The van der Waals surface area contributed by atoms with Gasteiger partial charge in [-0.3, -0.25) is 14.2 Å². The van der Waals surface area contributed by atoms with E-state index in [4.69, 9.17) is 0 Å². The molecule has 31 heavy (non-hydrogen) atoms. The van der Waals surface area contributed by atoms with E-state index in [0.29, 0.717) is 5.65 Å². The number of aromatic nitrogens is 5. The van der Waals surface area contributed by atoms with E-state index in [1.54, 1.807) is 4.68 Å². The van der Waals surface area contributed by atoms with Crippen molar-refractivity contribution >= 4 is 22.8 Å². The van der Waals surface area contributed by atoms with Crippen LogP contribution in [-0.2, 0) is 11.3 Å². The van der Waals surface area contributed by atoms with Crippen molar-refractivity contribution in [3.63, 3.8) is 0 Å². The van der Waals surface area contributed by atoms with Crippen molar-refractivity contribution in [2.75, 3.05) is 5.32 Å². The summed E-state index contributed by atoms with van der Waals surface area (Å²) >= 11 is 0. The molecule has 1 N–H and O–H groups in total. The molecule has 2 aromatic heterocycles. The molecule has 158 valence electrons. The van der Waals surface area contributed by atoms with Crippen molar-refractivity contribution in [1.82, 2.24) is 24.5 Å². The summed E-state index contributed by atoms with van der Waals surface area (Å²) in [6.45, 7) is 9.72. The highest BCUT2D eigenvalue weighted by Crippen LogP contribution is 2.22. The average Bonchev–Trinajstić information content (AvgIpc) is 3.11. The molecule has 0 fully saturated rings. The molecule has 0 atom stereocenters. The third-order valence-corrected chi connectivity index (χ3v) is 5.14. The van der Waals surface area contributed by atoms with Crippen molar-refractivity contribution in [3.05, 3.63) is 74.8 Å². The van der Waals surface area contributed by atoms with E-state index in [1.807, 2.05) is 58.9 Å². The summed E-state index contributed by atoms with van der Waals surface area (Å²) in [4.78, 5) is 29.9. The van der Waals surface area contributed by atoms with E-state index in [9.17, 15) is 9.59 Å². The van der Waals surface area contributed by atoms with Crippen molar-refractivity contribution in [1.29, 1.82) is 0 Å². The Morgan fingerprint density at radius 3 is 2.19 bits per heavy atom. The highest BCUT2D eigenvalue weighted by molar-refractivity contribution is 5.92. The molecule has 0 aliphatic heterocycles. The monoisotopic (exact) mass is 416 g/mol. The van der Waals surface area contributed by atoms with Gasteiger partial charge in [-0.05, 0) is 69.0 Å². The zero-order chi connectivity index (χ0) is 22.3. The van der Waals surface area contributed by atoms with E-state index in [-0.39, 0.29) is 18.0 Å². The summed E-state index contributed by atoms with van der Waals surface area (Å²) in [6.07, 6.45) is 1.36. The zero-order valence-electron chi connectivity index (χ0n) is 18.2. The van der Waals surface area contributed by atoms with Gasteiger partial charge in [-0.25, -0.2) is 4.98 Å². The minimum absolute atomic E-state index is 0.122. The predicted molar refractivity (Wildman–Crippen MR) is 120 cm³/mol. The molecule has 0 aliphatic carbocycles. The number of aryl methyl sites for hydroxylation is 5. The van der Waals surface area contributed by atoms with E-state index >= 15 is 0 Å². The Morgan fingerprint density at radius 1 is 0.935 bits per heavy atom. The molecule has 2 heterocycles. The van der Waals surface area contributed by atoms with E-state index in [0.717, 1.165) is 39.2 Å². The number of rotatable bonds is 4. The van der Waals surface area contributed by atoms with Crippen LogP contribution in [0.15, 0.2) is 41.5 Å². The Hall–Kier alpha value is -3.81. The van der Waals surface area contributed by atoms with Crippen LogP contribution in [0.4, 0.5) is 5.69 Å². The summed E-state index contributed by atoms with van der Waals surface area (Å²) in [5.41, 5.74) is 6.85. The normalized spacial score (nSPS) is 11.1. The first-order valence-electron chi connectivity index (χ1n) is 10.00. The van der Waals surface area contributed by atoms with E-state index in [2.05, 4.69) is 26.7 Å². The van der Waals surface area contributed by atoms with Crippen LogP contribution in [0.5, 0.6) is 0 Å². The Morgan fingerprint density at radius 2 is 1.55 bits per heavy atom. The molecule has 0 radical (unpaired) electrons. The number of nitrogens with zero attached hydrogens (tertiary/aromatic N) is 5. The number of fused-ring (bicyclic) bond motifs is 1. The standard InChI is InChI=1S/C23H24N6O2/c1-13-6-14(2)10-18(9-13)29-22-21(26-27-29)23(31)28(12-24-22)11-19(30)25-20-16(4)7-15(3)8-17(20)5/h6-10,12H,11H2,1-5H3,(H,25,30). The van der Waals surface area contributed by atoms with Crippen LogP contribution >= 0.6 is 0 Å². The molecule has 4 aromatic rings. The van der Waals surface area contributed by atoms with Gasteiger partial charge in [0.25, 0.3) is 5.56 Å². The SMILES string of the molecule is Cc1cc(C)cc(-n2nnc3c(=O)n(CC(=O)Nc4c(C)cc(C)cc4C)cnc32)c1. The maximum Gasteiger partial charge on any atom is 0.284 e. The largest absolute Gasteiger partial charge is 0.324 e. The second-order valence-corrected chi connectivity index (χ2v) is 8.02. The lowest BCUT2D eigenvalue weighted by molar-refractivity contribution is -0.116. The third-order valence-electron chi connectivity index (χ3n) is 5.14. The van der Waals surface area contributed by atoms with Crippen molar-refractivity contribution in [3.8, 4) is 5.69 Å². The molecule has 0 bridgehead atoms. The molecular formula is C23H24N6O2. The minimum atomic E-state index is -0.409. The van der Waals surface area contributed by atoms with Crippen LogP contribution in [0, 0.1) is 34.6 Å². The Labute approximate surface area is 179 Å². The lowest BCUT2D eigenvalue weighted by Gasteiger charge is -2.13. The number of nitrogens with one attached hydrogen (secondary N) is 1. The van der Waals surface area contributed by atoms with Crippen LogP contribution in [0.3, 0.4) is 0 Å². The maximum absolute atomic E-state index is 12.9. The molecule has 8 heteroatoms. The van der Waals surface area contributed by atoms with Gasteiger partial charge in [0.2, 0.25) is 5.91 Å². The van der Waals surface area contributed by atoms with Crippen molar-refractivity contribution < 1.29 is 4.79 Å². The fourth-order valence-corrected chi connectivity index (χ4v) is 3.91. The first-order valence-corrected chi connectivity index (χ1v) is 10.00. The topological polar surface area (TPSA) is 94.7 Å². The number of carbonyl (C=O) groups is 1. The Balaban J connectivity index is 1.63. The summed E-state index contributed by atoms with van der Waals surface area (Å²) in [6, 6.07) is 9.97. The molecule has 4 rings (SSSR count). The Bertz CT molecular complexity index is 1340. The number of benzene rings is 2. The second-order valence-electron chi connectivity index (χ2n) is 8.02. The van der Waals surface area contributed by atoms with Gasteiger partial charge < -0.3 is 5.32 Å². The molecule has 8 nitrogen and oxygen atoms in total. The Kier molecular flexibility index (Phi) is 5.14.